The third kappa shape index (κ3) is 1.98. The summed E-state index contributed by atoms with van der Waals surface area (Å²) in [7, 11) is 0. The average Bonchev–Trinajstić information content (AvgIpc) is 2.35. The van der Waals surface area contributed by atoms with Crippen LogP contribution in [0, 0.1) is 5.41 Å². The molecule has 0 saturated heterocycles. The number of Topliss-reactive ketones (excluding diaryl/α,β-unsaturated/α-hetero) is 1. The highest BCUT2D eigenvalue weighted by molar-refractivity contribution is 5.96. The number of amides is 1. The Bertz CT molecular complexity index is 380. The summed E-state index contributed by atoms with van der Waals surface area (Å²) >= 11 is 0. The highest BCUT2D eigenvalue weighted by atomic mass is 16.3. The van der Waals surface area contributed by atoms with Gasteiger partial charge in [0.25, 0.3) is 0 Å². The smallest absolute Gasteiger partial charge is 0.247 e. The van der Waals surface area contributed by atoms with Gasteiger partial charge in [0.1, 0.15) is 11.8 Å². The van der Waals surface area contributed by atoms with E-state index in [0.717, 1.165) is 6.42 Å². The van der Waals surface area contributed by atoms with Crippen molar-refractivity contribution in [2.24, 2.45) is 16.1 Å². The number of nitrogens with zero attached hydrogens (tertiary/aromatic N) is 2. The van der Waals surface area contributed by atoms with Crippen molar-refractivity contribution in [1.82, 2.24) is 4.90 Å². The molecule has 6 heteroatoms. The first kappa shape index (κ1) is 12.2. The number of aliphatic hydroxyl groups is 1. The molecule has 1 saturated carbocycles. The number of aliphatic hydroxyl groups excluding tert-OH is 1. The molecule has 0 aromatic rings. The van der Waals surface area contributed by atoms with E-state index in [9.17, 15) is 14.7 Å². The number of hydrogen-bond acceptors (Lipinski definition) is 5. The summed E-state index contributed by atoms with van der Waals surface area (Å²) in [6.07, 6.45) is 1.85. The monoisotopic (exact) mass is 239 g/mol. The molecule has 0 aromatic carbocycles. The van der Waals surface area contributed by atoms with Crippen molar-refractivity contribution in [3.05, 3.63) is 0 Å². The van der Waals surface area contributed by atoms with Crippen LogP contribution in [0.5, 0.6) is 0 Å². The van der Waals surface area contributed by atoms with Crippen molar-refractivity contribution < 1.29 is 14.7 Å². The number of ketones is 1. The van der Waals surface area contributed by atoms with Crippen molar-refractivity contribution in [2.45, 2.75) is 31.9 Å². The van der Waals surface area contributed by atoms with Crippen LogP contribution in [0.25, 0.3) is 0 Å². The molecule has 1 aliphatic carbocycles. The van der Waals surface area contributed by atoms with E-state index in [1.54, 1.807) is 0 Å². The minimum Gasteiger partial charge on any atom is -0.391 e. The maximum Gasteiger partial charge on any atom is 0.247 e. The first-order valence-electron chi connectivity index (χ1n) is 5.74. The van der Waals surface area contributed by atoms with E-state index in [4.69, 9.17) is 5.73 Å². The second-order valence-corrected chi connectivity index (χ2v) is 4.89. The highest BCUT2D eigenvalue weighted by Crippen LogP contribution is 2.39. The third-order valence-electron chi connectivity index (χ3n) is 3.60. The van der Waals surface area contributed by atoms with Crippen LogP contribution in [-0.4, -0.2) is 53.3 Å². The summed E-state index contributed by atoms with van der Waals surface area (Å²) in [4.78, 5) is 28.9. The SMILES string of the molecule is C[C@@H](O)[C@H](N)C(=O)N1C=NCC2(CCC2=O)C1. The Morgan fingerprint density at radius 2 is 2.41 bits per heavy atom. The summed E-state index contributed by atoms with van der Waals surface area (Å²) in [5.41, 5.74) is 5.10. The lowest BCUT2D eigenvalue weighted by Gasteiger charge is -2.44. The zero-order valence-corrected chi connectivity index (χ0v) is 9.80. The molecule has 0 aromatic heterocycles. The van der Waals surface area contributed by atoms with Gasteiger partial charge in [-0.05, 0) is 13.3 Å². The summed E-state index contributed by atoms with van der Waals surface area (Å²) < 4.78 is 0. The van der Waals surface area contributed by atoms with E-state index in [-0.39, 0.29) is 11.7 Å². The fourth-order valence-corrected chi connectivity index (χ4v) is 2.18. The van der Waals surface area contributed by atoms with Gasteiger partial charge in [0.2, 0.25) is 5.91 Å². The van der Waals surface area contributed by atoms with Gasteiger partial charge in [0, 0.05) is 13.0 Å². The summed E-state index contributed by atoms with van der Waals surface area (Å²) in [5.74, 6) is -0.222. The minimum atomic E-state index is -0.966. The molecule has 1 fully saturated rings. The van der Waals surface area contributed by atoms with Gasteiger partial charge in [-0.2, -0.15) is 0 Å². The van der Waals surface area contributed by atoms with Gasteiger partial charge >= 0.3 is 0 Å². The standard InChI is InChI=1S/C11H17N3O3/c1-7(15)9(12)10(17)14-5-11(4-13-6-14)3-2-8(11)16/h6-7,9,15H,2-5,12H2,1H3/t7-,9+,11?/m1/s1. The lowest BCUT2D eigenvalue weighted by atomic mass is 9.66. The Labute approximate surface area is 99.5 Å². The molecule has 3 N–H and O–H groups in total. The molecule has 0 bridgehead atoms. The molecule has 2 aliphatic rings. The molecule has 2 rings (SSSR count). The van der Waals surface area contributed by atoms with Crippen molar-refractivity contribution in [3.8, 4) is 0 Å². The lowest BCUT2D eigenvalue weighted by Crippen LogP contribution is -2.58. The van der Waals surface area contributed by atoms with E-state index in [1.807, 2.05) is 0 Å². The fourth-order valence-electron chi connectivity index (χ4n) is 2.18. The zero-order chi connectivity index (χ0) is 12.6. The molecule has 94 valence electrons. The van der Waals surface area contributed by atoms with E-state index < -0.39 is 17.6 Å². The molecular weight excluding hydrogens is 222 g/mol. The topological polar surface area (TPSA) is 96.0 Å². The van der Waals surface area contributed by atoms with Crippen molar-refractivity contribution in [3.63, 3.8) is 0 Å². The fraction of sp³-hybridized carbons (Fsp3) is 0.727. The number of aliphatic imine (C=N–C) groups is 1. The molecule has 0 radical (unpaired) electrons. The van der Waals surface area contributed by atoms with Crippen LogP contribution in [0.15, 0.2) is 4.99 Å². The van der Waals surface area contributed by atoms with Gasteiger partial charge in [-0.1, -0.05) is 0 Å². The van der Waals surface area contributed by atoms with Crippen LogP contribution < -0.4 is 5.73 Å². The first-order valence-corrected chi connectivity index (χ1v) is 5.74. The predicted octanol–water partition coefficient (Wildman–Crippen LogP) is -1.09. The first-order chi connectivity index (χ1) is 7.96. The Balaban J connectivity index is 2.08. The van der Waals surface area contributed by atoms with Gasteiger partial charge in [-0.15, -0.1) is 0 Å². The maximum absolute atomic E-state index is 11.9. The predicted molar refractivity (Wildman–Crippen MR) is 61.4 cm³/mol. The van der Waals surface area contributed by atoms with Gasteiger partial charge < -0.3 is 15.7 Å². The van der Waals surface area contributed by atoms with E-state index in [1.165, 1.54) is 18.2 Å². The van der Waals surface area contributed by atoms with Crippen LogP contribution in [0.1, 0.15) is 19.8 Å². The van der Waals surface area contributed by atoms with Gasteiger partial charge in [-0.3, -0.25) is 14.6 Å². The largest absolute Gasteiger partial charge is 0.391 e. The lowest BCUT2D eigenvalue weighted by molar-refractivity contribution is -0.142. The van der Waals surface area contributed by atoms with Crippen LogP contribution >= 0.6 is 0 Å². The molecule has 1 unspecified atom stereocenters. The van der Waals surface area contributed by atoms with Crippen LogP contribution in [0.2, 0.25) is 0 Å². The maximum atomic E-state index is 11.9. The third-order valence-corrected chi connectivity index (χ3v) is 3.60. The Morgan fingerprint density at radius 3 is 2.88 bits per heavy atom. The Hall–Kier alpha value is -1.27. The summed E-state index contributed by atoms with van der Waals surface area (Å²) in [5, 5.41) is 9.29. The van der Waals surface area contributed by atoms with Gasteiger partial charge in [0.05, 0.1) is 24.4 Å². The highest BCUT2D eigenvalue weighted by Gasteiger charge is 2.49. The van der Waals surface area contributed by atoms with Crippen molar-refractivity contribution in [2.75, 3.05) is 13.1 Å². The Kier molecular flexibility index (Phi) is 3.01. The van der Waals surface area contributed by atoms with Crippen LogP contribution in [0.3, 0.4) is 0 Å². The van der Waals surface area contributed by atoms with Gasteiger partial charge in [-0.25, -0.2) is 0 Å². The molecule has 1 aliphatic heterocycles. The number of hydrogen-bond donors (Lipinski definition) is 2. The van der Waals surface area contributed by atoms with Crippen molar-refractivity contribution in [1.29, 1.82) is 0 Å². The number of rotatable bonds is 2. The number of carbonyl (C=O) groups excluding carboxylic acids is 2. The van der Waals surface area contributed by atoms with Crippen LogP contribution in [-0.2, 0) is 9.59 Å². The van der Waals surface area contributed by atoms with E-state index >= 15 is 0 Å². The molecule has 3 atom stereocenters. The average molecular weight is 239 g/mol. The summed E-state index contributed by atoms with van der Waals surface area (Å²) in [6.45, 7) is 2.27. The number of nitrogens with two attached hydrogens (primary N) is 1. The molecule has 1 amide bonds. The molecular formula is C11H17N3O3. The molecule has 1 heterocycles. The zero-order valence-electron chi connectivity index (χ0n) is 9.80. The van der Waals surface area contributed by atoms with E-state index in [0.29, 0.717) is 19.5 Å². The second-order valence-electron chi connectivity index (χ2n) is 4.89. The number of carbonyl (C=O) groups is 2. The normalized spacial score (nSPS) is 31.2. The quantitative estimate of drug-likeness (QED) is 0.640. The Morgan fingerprint density at radius 1 is 1.71 bits per heavy atom. The molecule has 17 heavy (non-hydrogen) atoms. The summed E-state index contributed by atoms with van der Waals surface area (Å²) in [6, 6.07) is -0.966. The second kappa shape index (κ2) is 4.19. The molecule has 6 nitrogen and oxygen atoms in total. The van der Waals surface area contributed by atoms with Crippen molar-refractivity contribution >= 4 is 18.0 Å². The van der Waals surface area contributed by atoms with E-state index in [2.05, 4.69) is 4.99 Å². The van der Waals surface area contributed by atoms with Gasteiger partial charge in [0.15, 0.2) is 0 Å². The van der Waals surface area contributed by atoms with Crippen LogP contribution in [0.4, 0.5) is 0 Å². The molecule has 1 spiro atoms. The minimum absolute atomic E-state index is 0.165.